The lowest BCUT2D eigenvalue weighted by atomic mass is 9.93. The van der Waals surface area contributed by atoms with E-state index < -0.39 is 0 Å². The van der Waals surface area contributed by atoms with Crippen LogP contribution in [0, 0.1) is 6.92 Å². The van der Waals surface area contributed by atoms with Crippen molar-refractivity contribution in [3.05, 3.63) is 81.1 Å². The van der Waals surface area contributed by atoms with Crippen molar-refractivity contribution in [1.82, 2.24) is 4.57 Å². The zero-order valence-corrected chi connectivity index (χ0v) is 15.8. The first kappa shape index (κ1) is 17.3. The highest BCUT2D eigenvalue weighted by Gasteiger charge is 2.24. The van der Waals surface area contributed by atoms with Crippen molar-refractivity contribution in [2.75, 3.05) is 6.61 Å². The van der Waals surface area contributed by atoms with Gasteiger partial charge in [0.1, 0.15) is 0 Å². The van der Waals surface area contributed by atoms with Crippen LogP contribution in [0.25, 0.3) is 11.1 Å². The molecular weight excluding hydrogens is 367 g/mol. The van der Waals surface area contributed by atoms with E-state index in [1.807, 2.05) is 42.5 Å². The number of fused-ring (bicyclic) bond motifs is 3. The lowest BCUT2D eigenvalue weighted by Crippen LogP contribution is -2.07. The third-order valence-electron chi connectivity index (χ3n) is 4.81. The molecule has 4 rings (SSSR count). The number of hydrogen-bond donors (Lipinski definition) is 1. The van der Waals surface area contributed by atoms with Gasteiger partial charge in [-0.05, 0) is 36.2 Å². The fourth-order valence-electron chi connectivity index (χ4n) is 3.62. The van der Waals surface area contributed by atoms with E-state index in [0.717, 1.165) is 39.2 Å². The molecule has 0 saturated carbocycles. The fraction of sp³-hybridized carbons (Fsp3) is 0.190. The van der Waals surface area contributed by atoms with Crippen LogP contribution in [-0.4, -0.2) is 22.0 Å². The topological polar surface area (TPSA) is 37.5 Å². The molecule has 0 atom stereocenters. The highest BCUT2D eigenvalue weighted by molar-refractivity contribution is 6.36. The highest BCUT2D eigenvalue weighted by atomic mass is 35.5. The van der Waals surface area contributed by atoms with Crippen molar-refractivity contribution in [3.63, 3.8) is 0 Å². The zero-order chi connectivity index (χ0) is 18.3. The van der Waals surface area contributed by atoms with E-state index in [9.17, 15) is 5.11 Å². The van der Waals surface area contributed by atoms with E-state index in [1.54, 1.807) is 0 Å². The average Bonchev–Trinajstić information content (AvgIpc) is 2.84. The summed E-state index contributed by atoms with van der Waals surface area (Å²) in [7, 11) is 0. The maximum atomic E-state index is 9.33. The number of hydrogen-bond acceptors (Lipinski definition) is 2. The Kier molecular flexibility index (Phi) is 4.62. The molecule has 5 heteroatoms. The Labute approximate surface area is 162 Å². The lowest BCUT2D eigenvalue weighted by molar-refractivity contribution is 0.275. The van der Waals surface area contributed by atoms with Gasteiger partial charge >= 0.3 is 0 Å². The SMILES string of the molecule is Cc1c2c(cn1CCO)CN=C(c1ccccc1Cl)c1cc(Cl)ccc1-2. The lowest BCUT2D eigenvalue weighted by Gasteiger charge is -2.13. The third-order valence-corrected chi connectivity index (χ3v) is 5.37. The number of nitrogens with zero attached hydrogens (tertiary/aromatic N) is 2. The van der Waals surface area contributed by atoms with Crippen molar-refractivity contribution in [2.45, 2.75) is 20.0 Å². The highest BCUT2D eigenvalue weighted by Crippen LogP contribution is 2.38. The van der Waals surface area contributed by atoms with Crippen LogP contribution >= 0.6 is 23.2 Å². The van der Waals surface area contributed by atoms with Crippen LogP contribution in [0.4, 0.5) is 0 Å². The van der Waals surface area contributed by atoms with Crippen molar-refractivity contribution >= 4 is 28.9 Å². The molecule has 26 heavy (non-hydrogen) atoms. The van der Waals surface area contributed by atoms with Crippen molar-refractivity contribution in [2.24, 2.45) is 4.99 Å². The summed E-state index contributed by atoms with van der Waals surface area (Å²) in [5, 5.41) is 10.7. The van der Waals surface area contributed by atoms with Gasteiger partial charge in [-0.3, -0.25) is 4.99 Å². The first-order valence-electron chi connectivity index (χ1n) is 8.49. The molecule has 0 fully saturated rings. The molecule has 0 unspecified atom stereocenters. The van der Waals surface area contributed by atoms with Crippen LogP contribution in [0.2, 0.25) is 10.0 Å². The molecule has 3 nitrogen and oxygen atoms in total. The first-order chi connectivity index (χ1) is 12.6. The molecule has 3 aromatic rings. The second kappa shape index (κ2) is 6.92. The van der Waals surface area contributed by atoms with Crippen LogP contribution in [0.15, 0.2) is 53.7 Å². The number of benzene rings is 2. The normalized spacial score (nSPS) is 13.0. The van der Waals surface area contributed by atoms with Gasteiger partial charge in [0.2, 0.25) is 0 Å². The van der Waals surface area contributed by atoms with E-state index in [0.29, 0.717) is 23.1 Å². The number of rotatable bonds is 3. The van der Waals surface area contributed by atoms with Crippen molar-refractivity contribution < 1.29 is 5.11 Å². The summed E-state index contributed by atoms with van der Waals surface area (Å²) in [6.45, 7) is 3.31. The molecule has 1 aliphatic heterocycles. The maximum absolute atomic E-state index is 9.33. The Bertz CT molecular complexity index is 1020. The minimum Gasteiger partial charge on any atom is -0.395 e. The summed E-state index contributed by atoms with van der Waals surface area (Å²) in [6, 6.07) is 13.7. The molecule has 0 radical (unpaired) electrons. The number of aliphatic imine (C=N–C) groups is 1. The summed E-state index contributed by atoms with van der Waals surface area (Å²) < 4.78 is 2.08. The molecule has 1 aromatic heterocycles. The fourth-order valence-corrected chi connectivity index (χ4v) is 4.01. The van der Waals surface area contributed by atoms with Gasteiger partial charge < -0.3 is 9.67 Å². The number of aliphatic hydroxyl groups is 1. The molecule has 1 aliphatic rings. The molecule has 0 amide bonds. The van der Waals surface area contributed by atoms with Crippen LogP contribution < -0.4 is 0 Å². The first-order valence-corrected chi connectivity index (χ1v) is 9.25. The van der Waals surface area contributed by atoms with Crippen molar-refractivity contribution in [3.8, 4) is 11.1 Å². The Hall–Kier alpha value is -2.07. The summed E-state index contributed by atoms with van der Waals surface area (Å²) in [6.07, 6.45) is 2.08. The van der Waals surface area contributed by atoms with Crippen molar-refractivity contribution in [1.29, 1.82) is 0 Å². The third kappa shape index (κ3) is 2.86. The monoisotopic (exact) mass is 384 g/mol. The van der Waals surface area contributed by atoms with Crippen LogP contribution in [0.5, 0.6) is 0 Å². The standard InChI is InChI=1S/C21H18Cl2N2O/c1-13-20-14(12-25(13)8-9-26)11-24-21(17-4-2-3-5-19(17)23)18-10-15(22)6-7-16(18)20/h2-7,10,12,26H,8-9,11H2,1H3. The minimum absolute atomic E-state index is 0.107. The van der Waals surface area contributed by atoms with Crippen LogP contribution in [-0.2, 0) is 13.1 Å². The summed E-state index contributed by atoms with van der Waals surface area (Å²) in [4.78, 5) is 4.89. The van der Waals surface area contributed by atoms with Gasteiger partial charge in [-0.1, -0.05) is 47.5 Å². The second-order valence-electron chi connectivity index (χ2n) is 6.37. The Morgan fingerprint density at radius 3 is 2.65 bits per heavy atom. The van der Waals surface area contributed by atoms with E-state index in [1.165, 1.54) is 0 Å². The van der Waals surface area contributed by atoms with Gasteiger partial charge in [-0.25, -0.2) is 0 Å². The molecule has 0 saturated heterocycles. The van der Waals surface area contributed by atoms with Gasteiger partial charge in [0.15, 0.2) is 0 Å². The number of aromatic nitrogens is 1. The summed E-state index contributed by atoms with van der Waals surface area (Å²) in [5.41, 5.74) is 7.26. The second-order valence-corrected chi connectivity index (χ2v) is 7.21. The van der Waals surface area contributed by atoms with Gasteiger partial charge in [0, 0.05) is 45.2 Å². The predicted molar refractivity (Wildman–Crippen MR) is 107 cm³/mol. The molecule has 2 heterocycles. The van der Waals surface area contributed by atoms with E-state index in [2.05, 4.69) is 17.7 Å². The molecule has 2 aromatic carbocycles. The predicted octanol–water partition coefficient (Wildman–Crippen LogP) is 5.11. The van der Waals surface area contributed by atoms with Gasteiger partial charge in [-0.2, -0.15) is 0 Å². The summed E-state index contributed by atoms with van der Waals surface area (Å²) >= 11 is 12.8. The molecule has 0 aliphatic carbocycles. The summed E-state index contributed by atoms with van der Waals surface area (Å²) in [5.74, 6) is 0. The molecule has 132 valence electrons. The molecule has 0 bridgehead atoms. The van der Waals surface area contributed by atoms with E-state index in [-0.39, 0.29) is 6.61 Å². The Balaban J connectivity index is 1.97. The van der Waals surface area contributed by atoms with Gasteiger partial charge in [-0.15, -0.1) is 0 Å². The van der Waals surface area contributed by atoms with Gasteiger partial charge in [0.05, 0.1) is 18.9 Å². The maximum Gasteiger partial charge on any atom is 0.0744 e. The minimum atomic E-state index is 0.107. The number of aliphatic hydroxyl groups excluding tert-OH is 1. The smallest absolute Gasteiger partial charge is 0.0744 e. The Morgan fingerprint density at radius 2 is 1.88 bits per heavy atom. The van der Waals surface area contributed by atoms with Gasteiger partial charge in [0.25, 0.3) is 0 Å². The van der Waals surface area contributed by atoms with E-state index >= 15 is 0 Å². The number of halogens is 2. The van der Waals surface area contributed by atoms with Crippen LogP contribution in [0.3, 0.4) is 0 Å². The average molecular weight is 385 g/mol. The zero-order valence-electron chi connectivity index (χ0n) is 14.3. The van der Waals surface area contributed by atoms with Crippen LogP contribution in [0.1, 0.15) is 22.4 Å². The Morgan fingerprint density at radius 1 is 1.08 bits per heavy atom. The molecule has 0 spiro atoms. The molecule has 1 N–H and O–H groups in total. The largest absolute Gasteiger partial charge is 0.395 e. The quantitative estimate of drug-likeness (QED) is 0.668. The molecular formula is C21H18Cl2N2O. The van der Waals surface area contributed by atoms with E-state index in [4.69, 9.17) is 28.2 Å².